The van der Waals surface area contributed by atoms with E-state index in [-0.39, 0.29) is 24.3 Å². The molecule has 0 aliphatic carbocycles. The van der Waals surface area contributed by atoms with Crippen molar-refractivity contribution in [2.45, 2.75) is 12.8 Å². The molecule has 1 atom stereocenters. The number of piperazine rings is 1. The fraction of sp³-hybridized carbons (Fsp3) is 0.579. The average molecular weight is 409 g/mol. The van der Waals surface area contributed by atoms with Gasteiger partial charge in [-0.3, -0.25) is 9.59 Å². The molecular formula is C19H28N4O4S. The maximum Gasteiger partial charge on any atom is 0.253 e. The zero-order chi connectivity index (χ0) is 20.3. The lowest BCUT2D eigenvalue weighted by atomic mass is 9.98. The summed E-state index contributed by atoms with van der Waals surface area (Å²) in [6.07, 6.45) is 2.50. The maximum absolute atomic E-state index is 12.6. The van der Waals surface area contributed by atoms with Gasteiger partial charge >= 0.3 is 0 Å². The fourth-order valence-electron chi connectivity index (χ4n) is 3.59. The van der Waals surface area contributed by atoms with E-state index in [1.807, 2.05) is 11.9 Å². The van der Waals surface area contributed by atoms with Crippen LogP contribution in [0.1, 0.15) is 23.2 Å². The molecule has 1 aromatic carbocycles. The largest absolute Gasteiger partial charge is 0.336 e. The average Bonchev–Trinajstić information content (AvgIpc) is 2.68. The second-order valence-corrected chi connectivity index (χ2v) is 9.60. The zero-order valence-corrected chi connectivity index (χ0v) is 17.2. The Bertz CT molecular complexity index is 817. The van der Waals surface area contributed by atoms with Gasteiger partial charge in [-0.25, -0.2) is 12.7 Å². The minimum atomic E-state index is -3.29. The van der Waals surface area contributed by atoms with E-state index in [4.69, 9.17) is 0 Å². The van der Waals surface area contributed by atoms with Crippen molar-refractivity contribution in [2.75, 3.05) is 57.9 Å². The molecule has 2 amide bonds. The first kappa shape index (κ1) is 20.8. The smallest absolute Gasteiger partial charge is 0.253 e. The van der Waals surface area contributed by atoms with Gasteiger partial charge in [-0.1, -0.05) is 0 Å². The highest BCUT2D eigenvalue weighted by Gasteiger charge is 2.30. The monoisotopic (exact) mass is 408 g/mol. The van der Waals surface area contributed by atoms with Crippen LogP contribution in [0.2, 0.25) is 0 Å². The number of likely N-dealkylation sites (N-methyl/N-ethyl adjacent to an activating group) is 1. The van der Waals surface area contributed by atoms with Crippen LogP contribution in [0.3, 0.4) is 0 Å². The number of carbonyl (C=O) groups excluding carboxylic acids is 2. The molecule has 2 aliphatic rings. The van der Waals surface area contributed by atoms with E-state index in [0.29, 0.717) is 43.7 Å². The van der Waals surface area contributed by atoms with Gasteiger partial charge in [0.25, 0.3) is 5.91 Å². The lowest BCUT2D eigenvalue weighted by Gasteiger charge is -2.32. The lowest BCUT2D eigenvalue weighted by molar-refractivity contribution is -0.120. The Morgan fingerprint density at radius 1 is 1.04 bits per heavy atom. The molecule has 1 N–H and O–H groups in total. The number of anilines is 1. The van der Waals surface area contributed by atoms with Crippen molar-refractivity contribution in [1.82, 2.24) is 14.1 Å². The third-order valence-electron chi connectivity index (χ3n) is 5.41. The molecule has 0 aromatic heterocycles. The number of benzene rings is 1. The van der Waals surface area contributed by atoms with Crippen molar-refractivity contribution in [3.05, 3.63) is 29.8 Å². The summed E-state index contributed by atoms with van der Waals surface area (Å²) >= 11 is 0. The molecule has 154 valence electrons. The van der Waals surface area contributed by atoms with E-state index in [0.717, 1.165) is 13.1 Å². The molecule has 8 nitrogen and oxygen atoms in total. The molecule has 2 heterocycles. The normalized spacial score (nSPS) is 22.1. The highest BCUT2D eigenvalue weighted by molar-refractivity contribution is 7.88. The van der Waals surface area contributed by atoms with E-state index in [9.17, 15) is 18.0 Å². The molecule has 0 saturated carbocycles. The summed E-state index contributed by atoms with van der Waals surface area (Å²) in [4.78, 5) is 29.1. The number of hydrogen-bond acceptors (Lipinski definition) is 5. The topological polar surface area (TPSA) is 90.0 Å². The van der Waals surface area contributed by atoms with E-state index in [1.54, 1.807) is 24.3 Å². The fourth-order valence-corrected chi connectivity index (χ4v) is 4.50. The number of carbonyl (C=O) groups is 2. The Kier molecular flexibility index (Phi) is 6.36. The second-order valence-electron chi connectivity index (χ2n) is 7.62. The van der Waals surface area contributed by atoms with Crippen molar-refractivity contribution in [2.24, 2.45) is 5.92 Å². The van der Waals surface area contributed by atoms with Crippen molar-refractivity contribution in [1.29, 1.82) is 0 Å². The van der Waals surface area contributed by atoms with E-state index in [1.165, 1.54) is 10.6 Å². The van der Waals surface area contributed by atoms with E-state index >= 15 is 0 Å². The van der Waals surface area contributed by atoms with Crippen molar-refractivity contribution >= 4 is 27.5 Å². The molecule has 2 aliphatic heterocycles. The van der Waals surface area contributed by atoms with Crippen LogP contribution < -0.4 is 5.32 Å². The van der Waals surface area contributed by atoms with Gasteiger partial charge in [0, 0.05) is 50.5 Å². The van der Waals surface area contributed by atoms with Crippen LogP contribution in [0.15, 0.2) is 24.3 Å². The van der Waals surface area contributed by atoms with E-state index < -0.39 is 10.0 Å². The van der Waals surface area contributed by atoms with Crippen LogP contribution in [0.25, 0.3) is 0 Å². The Labute approximate surface area is 166 Å². The zero-order valence-electron chi connectivity index (χ0n) is 16.4. The summed E-state index contributed by atoms with van der Waals surface area (Å²) < 4.78 is 24.8. The Balaban J connectivity index is 1.58. The third kappa shape index (κ3) is 5.09. The predicted octanol–water partition coefficient (Wildman–Crippen LogP) is 0.684. The molecule has 2 saturated heterocycles. The number of nitrogens with one attached hydrogen (secondary N) is 1. The Morgan fingerprint density at radius 3 is 2.29 bits per heavy atom. The molecule has 3 rings (SSSR count). The molecule has 0 radical (unpaired) electrons. The first-order valence-electron chi connectivity index (χ1n) is 9.58. The number of rotatable bonds is 4. The number of nitrogens with zero attached hydrogens (tertiary/aromatic N) is 3. The third-order valence-corrected chi connectivity index (χ3v) is 6.68. The highest BCUT2D eigenvalue weighted by Crippen LogP contribution is 2.21. The molecule has 0 spiro atoms. The Morgan fingerprint density at radius 2 is 1.68 bits per heavy atom. The van der Waals surface area contributed by atoms with Gasteiger partial charge in [-0.15, -0.1) is 0 Å². The van der Waals surface area contributed by atoms with Crippen LogP contribution in [0.5, 0.6) is 0 Å². The van der Waals surface area contributed by atoms with Crippen molar-refractivity contribution < 1.29 is 18.0 Å². The maximum atomic E-state index is 12.6. The van der Waals surface area contributed by atoms with Gasteiger partial charge in [0.05, 0.1) is 12.2 Å². The summed E-state index contributed by atoms with van der Waals surface area (Å²) in [5.41, 5.74) is 1.21. The molecular weight excluding hydrogens is 380 g/mol. The molecule has 1 aromatic rings. The molecule has 9 heteroatoms. The summed E-state index contributed by atoms with van der Waals surface area (Å²) in [6.45, 7) is 3.84. The first-order chi connectivity index (χ1) is 13.2. The van der Waals surface area contributed by atoms with Crippen LogP contribution in [-0.4, -0.2) is 86.9 Å². The number of amides is 2. The highest BCUT2D eigenvalue weighted by atomic mass is 32.2. The standard InChI is InChI=1S/C19H28N4O4S/c1-21-10-12-22(13-11-21)19(25)15-5-7-17(8-6-15)20-18(24)16-4-3-9-23(14-16)28(2,26)27/h5-8,16H,3-4,9-14H2,1-2H3,(H,20,24)/t16-/m1/s1. The minimum absolute atomic E-state index is 0.00190. The van der Waals surface area contributed by atoms with Gasteiger partial charge in [-0.2, -0.15) is 0 Å². The van der Waals surface area contributed by atoms with E-state index in [2.05, 4.69) is 10.2 Å². The van der Waals surface area contributed by atoms with Crippen molar-refractivity contribution in [3.63, 3.8) is 0 Å². The summed E-state index contributed by atoms with van der Waals surface area (Å²) in [6, 6.07) is 6.89. The van der Waals surface area contributed by atoms with Gasteiger partial charge in [0.1, 0.15) is 0 Å². The second kappa shape index (κ2) is 8.59. The summed E-state index contributed by atoms with van der Waals surface area (Å²) in [5, 5.41) is 2.84. The molecule has 0 unspecified atom stereocenters. The van der Waals surface area contributed by atoms with Gasteiger partial charge in [0.15, 0.2) is 0 Å². The molecule has 0 bridgehead atoms. The molecule has 28 heavy (non-hydrogen) atoms. The number of hydrogen-bond donors (Lipinski definition) is 1. The quantitative estimate of drug-likeness (QED) is 0.792. The minimum Gasteiger partial charge on any atom is -0.336 e. The SMILES string of the molecule is CN1CCN(C(=O)c2ccc(NC(=O)[C@@H]3CCCN(S(C)(=O)=O)C3)cc2)CC1. The van der Waals surface area contributed by atoms with Gasteiger partial charge < -0.3 is 15.1 Å². The van der Waals surface area contributed by atoms with Crippen LogP contribution in [0, 0.1) is 5.92 Å². The van der Waals surface area contributed by atoms with Gasteiger partial charge in [-0.05, 0) is 44.2 Å². The first-order valence-corrected chi connectivity index (χ1v) is 11.4. The van der Waals surface area contributed by atoms with Crippen LogP contribution in [0.4, 0.5) is 5.69 Å². The summed E-state index contributed by atoms with van der Waals surface area (Å²) in [7, 11) is -1.24. The van der Waals surface area contributed by atoms with Crippen LogP contribution >= 0.6 is 0 Å². The molecule has 2 fully saturated rings. The predicted molar refractivity (Wildman–Crippen MR) is 108 cm³/mol. The van der Waals surface area contributed by atoms with Gasteiger partial charge in [0.2, 0.25) is 15.9 Å². The lowest BCUT2D eigenvalue weighted by Crippen LogP contribution is -2.47. The van der Waals surface area contributed by atoms with Crippen molar-refractivity contribution in [3.8, 4) is 0 Å². The number of piperidine rings is 1. The van der Waals surface area contributed by atoms with Crippen LogP contribution in [-0.2, 0) is 14.8 Å². The number of sulfonamides is 1. The Hall–Kier alpha value is -1.97. The summed E-state index contributed by atoms with van der Waals surface area (Å²) in [5.74, 6) is -0.552.